The topological polar surface area (TPSA) is 80.0 Å². The first-order chi connectivity index (χ1) is 10.1. The van der Waals surface area contributed by atoms with Crippen molar-refractivity contribution >= 4 is 16.7 Å². The number of aromatic nitrogens is 3. The Morgan fingerprint density at radius 2 is 2.05 bits per heavy atom. The van der Waals surface area contributed by atoms with Gasteiger partial charge in [0, 0.05) is 18.8 Å². The lowest BCUT2D eigenvalue weighted by molar-refractivity contribution is 0.186. The summed E-state index contributed by atoms with van der Waals surface area (Å²) in [6.07, 6.45) is 1.59. The molecule has 0 saturated carbocycles. The maximum absolute atomic E-state index is 11.8. The molecule has 0 atom stereocenters. The van der Waals surface area contributed by atoms with Crippen molar-refractivity contribution in [3.8, 4) is 0 Å². The summed E-state index contributed by atoms with van der Waals surface area (Å²) in [6.45, 7) is 2.27. The predicted molar refractivity (Wildman–Crippen MR) is 79.5 cm³/mol. The average Bonchev–Trinajstić information content (AvgIpc) is 2.50. The van der Waals surface area contributed by atoms with Gasteiger partial charge in [-0.2, -0.15) is 0 Å². The van der Waals surface area contributed by atoms with Crippen molar-refractivity contribution in [3.05, 3.63) is 64.3 Å². The van der Waals surface area contributed by atoms with Crippen molar-refractivity contribution in [1.29, 1.82) is 0 Å². The number of hydrogen-bond acceptors (Lipinski definition) is 5. The van der Waals surface area contributed by atoms with E-state index in [-0.39, 0.29) is 5.65 Å². The molecule has 1 aromatic carbocycles. The summed E-state index contributed by atoms with van der Waals surface area (Å²) in [5, 5.41) is 13.6. The maximum Gasteiger partial charge on any atom is 0.286 e. The molecular formula is C15H14N4O2. The first-order valence-corrected chi connectivity index (χ1v) is 6.51. The highest BCUT2D eigenvalue weighted by Crippen LogP contribution is 2.19. The highest BCUT2D eigenvalue weighted by molar-refractivity contribution is 5.88. The number of rotatable bonds is 3. The van der Waals surface area contributed by atoms with Gasteiger partial charge in [0.15, 0.2) is 5.65 Å². The second-order valence-electron chi connectivity index (χ2n) is 4.70. The van der Waals surface area contributed by atoms with Gasteiger partial charge in [-0.05, 0) is 12.5 Å². The zero-order valence-electron chi connectivity index (χ0n) is 11.4. The predicted octanol–water partition coefficient (Wildman–Crippen LogP) is 1.95. The molecule has 6 heteroatoms. The van der Waals surface area contributed by atoms with Crippen molar-refractivity contribution in [3.63, 3.8) is 0 Å². The van der Waals surface area contributed by atoms with E-state index in [0.717, 1.165) is 5.56 Å². The smallest absolute Gasteiger partial charge is 0.286 e. The Balaban J connectivity index is 2.02. The molecule has 106 valence electrons. The number of hydrogen-bond donors (Lipinski definition) is 2. The quantitative estimate of drug-likeness (QED) is 0.718. The van der Waals surface area contributed by atoms with E-state index >= 15 is 0 Å². The van der Waals surface area contributed by atoms with Gasteiger partial charge in [-0.3, -0.25) is 4.79 Å². The van der Waals surface area contributed by atoms with Crippen LogP contribution in [0.2, 0.25) is 0 Å². The second-order valence-corrected chi connectivity index (χ2v) is 4.70. The highest BCUT2D eigenvalue weighted by Gasteiger charge is 2.10. The molecule has 0 amide bonds. The summed E-state index contributed by atoms with van der Waals surface area (Å²) < 4.78 is 0.539. The van der Waals surface area contributed by atoms with E-state index in [9.17, 15) is 10.0 Å². The number of aryl methyl sites for hydroxylation is 1. The van der Waals surface area contributed by atoms with Crippen LogP contribution in [0.15, 0.2) is 47.4 Å². The molecule has 2 heterocycles. The number of benzene rings is 1. The SMILES string of the molecule is Cc1ncc2c(NCc3ccccc3)cc(=O)n(O)c2n1. The summed E-state index contributed by atoms with van der Waals surface area (Å²) in [5.74, 6) is 0.491. The van der Waals surface area contributed by atoms with Crippen LogP contribution in [0.3, 0.4) is 0 Å². The monoisotopic (exact) mass is 282 g/mol. The van der Waals surface area contributed by atoms with Crippen LogP contribution in [-0.2, 0) is 6.54 Å². The van der Waals surface area contributed by atoms with E-state index in [2.05, 4.69) is 15.3 Å². The molecule has 0 fully saturated rings. The molecule has 21 heavy (non-hydrogen) atoms. The molecular weight excluding hydrogens is 268 g/mol. The van der Waals surface area contributed by atoms with Gasteiger partial charge in [-0.1, -0.05) is 30.3 Å². The maximum atomic E-state index is 11.8. The van der Waals surface area contributed by atoms with Gasteiger partial charge in [0.1, 0.15) is 5.82 Å². The molecule has 0 bridgehead atoms. The lowest BCUT2D eigenvalue weighted by Gasteiger charge is -2.10. The number of fused-ring (bicyclic) bond motifs is 1. The molecule has 0 aliphatic carbocycles. The van der Waals surface area contributed by atoms with E-state index in [1.807, 2.05) is 30.3 Å². The Labute approximate surface area is 120 Å². The van der Waals surface area contributed by atoms with Gasteiger partial charge >= 0.3 is 0 Å². The Kier molecular flexibility index (Phi) is 3.27. The van der Waals surface area contributed by atoms with E-state index in [0.29, 0.717) is 28.2 Å². The Morgan fingerprint density at radius 1 is 1.29 bits per heavy atom. The van der Waals surface area contributed by atoms with Gasteiger partial charge in [-0.15, -0.1) is 4.73 Å². The van der Waals surface area contributed by atoms with Crippen LogP contribution in [0.5, 0.6) is 0 Å². The average molecular weight is 282 g/mol. The summed E-state index contributed by atoms with van der Waals surface area (Å²) in [7, 11) is 0. The first kappa shape index (κ1) is 13.1. The molecule has 0 radical (unpaired) electrons. The summed E-state index contributed by atoms with van der Waals surface area (Å²) in [4.78, 5) is 20.0. The Bertz CT molecular complexity index is 843. The van der Waals surface area contributed by atoms with Crippen LogP contribution in [0.1, 0.15) is 11.4 Å². The number of anilines is 1. The van der Waals surface area contributed by atoms with Gasteiger partial charge < -0.3 is 10.5 Å². The molecule has 2 aromatic heterocycles. The third-order valence-corrected chi connectivity index (χ3v) is 3.18. The largest absolute Gasteiger partial charge is 0.423 e. The summed E-state index contributed by atoms with van der Waals surface area (Å²) in [5.41, 5.74) is 1.36. The van der Waals surface area contributed by atoms with E-state index in [1.54, 1.807) is 13.1 Å². The van der Waals surface area contributed by atoms with Gasteiger partial charge in [0.2, 0.25) is 0 Å². The Hall–Kier alpha value is -2.89. The van der Waals surface area contributed by atoms with Crippen molar-refractivity contribution in [2.75, 3.05) is 5.32 Å². The third kappa shape index (κ3) is 2.55. The van der Waals surface area contributed by atoms with Gasteiger partial charge in [0.25, 0.3) is 5.56 Å². The fourth-order valence-electron chi connectivity index (χ4n) is 2.12. The second kappa shape index (κ2) is 5.24. The molecule has 0 aliphatic heterocycles. The van der Waals surface area contributed by atoms with Crippen molar-refractivity contribution < 1.29 is 5.21 Å². The molecule has 6 nitrogen and oxygen atoms in total. The summed E-state index contributed by atoms with van der Waals surface area (Å²) in [6, 6.07) is 11.2. The number of nitrogens with zero attached hydrogens (tertiary/aromatic N) is 3. The molecule has 0 spiro atoms. The van der Waals surface area contributed by atoms with Crippen LogP contribution in [0, 0.1) is 6.92 Å². The van der Waals surface area contributed by atoms with Crippen molar-refractivity contribution in [2.45, 2.75) is 13.5 Å². The molecule has 2 N–H and O–H groups in total. The fraction of sp³-hybridized carbons (Fsp3) is 0.133. The lowest BCUT2D eigenvalue weighted by Crippen LogP contribution is -2.19. The van der Waals surface area contributed by atoms with Gasteiger partial charge in [0.05, 0.1) is 11.1 Å². The highest BCUT2D eigenvalue weighted by atomic mass is 16.5. The molecule has 0 saturated heterocycles. The van der Waals surface area contributed by atoms with Crippen LogP contribution in [0.4, 0.5) is 5.69 Å². The molecule has 3 rings (SSSR count). The minimum absolute atomic E-state index is 0.200. The minimum atomic E-state index is -0.531. The number of nitrogens with one attached hydrogen (secondary N) is 1. The van der Waals surface area contributed by atoms with E-state index < -0.39 is 5.56 Å². The van der Waals surface area contributed by atoms with Crippen LogP contribution in [-0.4, -0.2) is 19.9 Å². The number of pyridine rings is 1. The van der Waals surface area contributed by atoms with E-state index in [1.165, 1.54) is 6.07 Å². The van der Waals surface area contributed by atoms with Crippen LogP contribution >= 0.6 is 0 Å². The first-order valence-electron chi connectivity index (χ1n) is 6.51. The molecule has 0 unspecified atom stereocenters. The zero-order valence-corrected chi connectivity index (χ0v) is 11.4. The molecule has 0 aliphatic rings. The Morgan fingerprint density at radius 3 is 2.81 bits per heavy atom. The van der Waals surface area contributed by atoms with Crippen LogP contribution < -0.4 is 10.9 Å². The van der Waals surface area contributed by atoms with E-state index in [4.69, 9.17) is 0 Å². The zero-order chi connectivity index (χ0) is 14.8. The van der Waals surface area contributed by atoms with Crippen molar-refractivity contribution in [1.82, 2.24) is 14.7 Å². The van der Waals surface area contributed by atoms with Crippen molar-refractivity contribution in [2.24, 2.45) is 0 Å². The summed E-state index contributed by atoms with van der Waals surface area (Å²) >= 11 is 0. The third-order valence-electron chi connectivity index (χ3n) is 3.18. The standard InChI is InChI=1S/C15H14N4O2/c1-10-16-9-12-13(7-14(20)19(21)15(12)18-10)17-8-11-5-3-2-4-6-11/h2-7,9,17,21H,8H2,1H3. The van der Waals surface area contributed by atoms with Crippen LogP contribution in [0.25, 0.3) is 11.0 Å². The minimum Gasteiger partial charge on any atom is -0.423 e. The van der Waals surface area contributed by atoms with Gasteiger partial charge in [-0.25, -0.2) is 9.97 Å². The normalized spacial score (nSPS) is 10.7. The lowest BCUT2D eigenvalue weighted by atomic mass is 10.2. The fourth-order valence-corrected chi connectivity index (χ4v) is 2.12. The molecule has 3 aromatic rings.